The predicted molar refractivity (Wildman–Crippen MR) is 104 cm³/mol. The first-order valence-corrected chi connectivity index (χ1v) is 8.53. The second-order valence-corrected chi connectivity index (χ2v) is 5.99. The Morgan fingerprint density at radius 1 is 0.731 bits per heavy atom. The summed E-state index contributed by atoms with van der Waals surface area (Å²) in [5.41, 5.74) is 5.83. The summed E-state index contributed by atoms with van der Waals surface area (Å²) in [5.74, 6) is 0. The maximum absolute atomic E-state index is 9.46. The van der Waals surface area contributed by atoms with E-state index in [-0.39, 0.29) is 0 Å². The van der Waals surface area contributed by atoms with Gasteiger partial charge in [0.2, 0.25) is 0 Å². The summed E-state index contributed by atoms with van der Waals surface area (Å²) < 4.78 is 1.95. The van der Waals surface area contributed by atoms with E-state index in [4.69, 9.17) is 5.10 Å². The van der Waals surface area contributed by atoms with Gasteiger partial charge in [-0.3, -0.25) is 0 Å². The average Bonchev–Trinajstić information content (AvgIpc) is 3.10. The van der Waals surface area contributed by atoms with Crippen LogP contribution in [-0.2, 0) is 6.42 Å². The van der Waals surface area contributed by atoms with E-state index in [9.17, 15) is 5.26 Å². The minimum atomic E-state index is 0.307. The van der Waals surface area contributed by atoms with Gasteiger partial charge in [0.1, 0.15) is 0 Å². The van der Waals surface area contributed by atoms with Crippen molar-refractivity contribution >= 4 is 0 Å². The number of hydrogen-bond acceptors (Lipinski definition) is 2. The van der Waals surface area contributed by atoms with Gasteiger partial charge >= 0.3 is 0 Å². The van der Waals surface area contributed by atoms with Gasteiger partial charge in [-0.1, -0.05) is 78.9 Å². The molecule has 3 heteroatoms. The molecule has 124 valence electrons. The van der Waals surface area contributed by atoms with Crippen LogP contribution in [-0.4, -0.2) is 9.78 Å². The maximum atomic E-state index is 9.46. The maximum Gasteiger partial charge on any atom is 0.0976 e. The first-order valence-electron chi connectivity index (χ1n) is 8.53. The molecule has 1 aromatic heterocycles. The smallest absolute Gasteiger partial charge is 0.0976 e. The fourth-order valence-corrected chi connectivity index (χ4v) is 3.17. The fourth-order valence-electron chi connectivity index (χ4n) is 3.17. The molecule has 0 aliphatic carbocycles. The highest BCUT2D eigenvalue weighted by atomic mass is 15.3. The van der Waals surface area contributed by atoms with E-state index in [0.717, 1.165) is 33.8 Å². The summed E-state index contributed by atoms with van der Waals surface area (Å²) in [5, 5.41) is 14.4. The van der Waals surface area contributed by atoms with Crippen LogP contribution in [0.5, 0.6) is 0 Å². The summed E-state index contributed by atoms with van der Waals surface area (Å²) in [7, 11) is 0. The molecule has 0 bridgehead atoms. The van der Waals surface area contributed by atoms with Crippen molar-refractivity contribution in [3.63, 3.8) is 0 Å². The normalized spacial score (nSPS) is 10.4. The molecule has 1 heterocycles. The molecule has 3 nitrogen and oxygen atoms in total. The van der Waals surface area contributed by atoms with Gasteiger partial charge in [-0.25, -0.2) is 4.68 Å². The summed E-state index contributed by atoms with van der Waals surface area (Å²) in [6.07, 6.45) is 0.307. The lowest BCUT2D eigenvalue weighted by atomic mass is 10.00. The van der Waals surface area contributed by atoms with E-state index in [2.05, 4.69) is 18.2 Å². The number of benzene rings is 3. The van der Waals surface area contributed by atoms with Crippen molar-refractivity contribution in [3.05, 3.63) is 96.6 Å². The van der Waals surface area contributed by atoms with Crippen LogP contribution < -0.4 is 0 Å². The Balaban J connectivity index is 2.04. The van der Waals surface area contributed by atoms with Crippen molar-refractivity contribution in [2.75, 3.05) is 0 Å². The van der Waals surface area contributed by atoms with E-state index >= 15 is 0 Å². The number of nitrogens with zero attached hydrogens (tertiary/aromatic N) is 3. The highest BCUT2D eigenvalue weighted by molar-refractivity contribution is 5.76. The minimum Gasteiger partial charge on any atom is -0.232 e. The first-order chi connectivity index (χ1) is 12.9. The van der Waals surface area contributed by atoms with Crippen molar-refractivity contribution < 1.29 is 0 Å². The molecule has 0 spiro atoms. The molecule has 0 fully saturated rings. The largest absolute Gasteiger partial charge is 0.232 e. The van der Waals surface area contributed by atoms with Gasteiger partial charge in [-0.15, -0.1) is 0 Å². The van der Waals surface area contributed by atoms with Crippen molar-refractivity contribution in [3.8, 4) is 34.3 Å². The summed E-state index contributed by atoms with van der Waals surface area (Å²) in [6.45, 7) is 0. The highest BCUT2D eigenvalue weighted by Gasteiger charge is 2.21. The first kappa shape index (κ1) is 15.9. The Hall–Kier alpha value is -3.64. The summed E-state index contributed by atoms with van der Waals surface area (Å²) in [6, 6.07) is 32.5. The van der Waals surface area contributed by atoms with Crippen LogP contribution in [0.25, 0.3) is 28.2 Å². The Bertz CT molecular complexity index is 1040. The number of nitriles is 1. The van der Waals surface area contributed by atoms with Gasteiger partial charge in [-0.2, -0.15) is 10.4 Å². The molecule has 26 heavy (non-hydrogen) atoms. The lowest BCUT2D eigenvalue weighted by Gasteiger charge is -2.09. The van der Waals surface area contributed by atoms with Crippen molar-refractivity contribution in [2.24, 2.45) is 0 Å². The second-order valence-electron chi connectivity index (χ2n) is 5.99. The molecule has 0 saturated carbocycles. The zero-order valence-electron chi connectivity index (χ0n) is 14.2. The van der Waals surface area contributed by atoms with Crippen LogP contribution in [0, 0.1) is 11.3 Å². The van der Waals surface area contributed by atoms with Gasteiger partial charge < -0.3 is 0 Å². The molecule has 4 rings (SSSR count). The number of para-hydroxylation sites is 1. The lowest BCUT2D eigenvalue weighted by molar-refractivity contribution is 0.891. The third-order valence-electron chi connectivity index (χ3n) is 4.33. The molecule has 0 radical (unpaired) electrons. The fraction of sp³-hybridized carbons (Fsp3) is 0.0435. The van der Waals surface area contributed by atoms with Crippen LogP contribution in [0.1, 0.15) is 5.56 Å². The lowest BCUT2D eigenvalue weighted by Crippen LogP contribution is -1.99. The van der Waals surface area contributed by atoms with Crippen LogP contribution in [0.3, 0.4) is 0 Å². The van der Waals surface area contributed by atoms with E-state index in [0.29, 0.717) is 6.42 Å². The third kappa shape index (κ3) is 2.89. The molecule has 3 aromatic carbocycles. The number of aromatic nitrogens is 2. The summed E-state index contributed by atoms with van der Waals surface area (Å²) >= 11 is 0. The molecule has 0 aliphatic rings. The van der Waals surface area contributed by atoms with E-state index in [1.165, 1.54) is 0 Å². The van der Waals surface area contributed by atoms with E-state index in [1.54, 1.807) is 0 Å². The minimum absolute atomic E-state index is 0.307. The molecule has 0 unspecified atom stereocenters. The Labute approximate surface area is 152 Å². The van der Waals surface area contributed by atoms with Gasteiger partial charge in [-0.05, 0) is 12.1 Å². The Morgan fingerprint density at radius 2 is 1.27 bits per heavy atom. The number of hydrogen-bond donors (Lipinski definition) is 0. The van der Waals surface area contributed by atoms with Gasteiger partial charge in [0.15, 0.2) is 0 Å². The molecular formula is C23H17N3. The monoisotopic (exact) mass is 335 g/mol. The second kappa shape index (κ2) is 7.08. The van der Waals surface area contributed by atoms with Crippen LogP contribution in [0.15, 0.2) is 91.0 Å². The molecule has 0 aliphatic heterocycles. The topological polar surface area (TPSA) is 41.6 Å². The molecule has 0 saturated heterocycles. The summed E-state index contributed by atoms with van der Waals surface area (Å²) in [4.78, 5) is 0. The molecular weight excluding hydrogens is 318 g/mol. The van der Waals surface area contributed by atoms with Gasteiger partial charge in [0, 0.05) is 16.7 Å². The zero-order valence-corrected chi connectivity index (χ0v) is 14.2. The molecule has 0 N–H and O–H groups in total. The highest BCUT2D eigenvalue weighted by Crippen LogP contribution is 2.34. The van der Waals surface area contributed by atoms with E-state index < -0.39 is 0 Å². The van der Waals surface area contributed by atoms with Crippen molar-refractivity contribution in [1.29, 1.82) is 5.26 Å². The average molecular weight is 335 g/mol. The number of rotatable bonds is 4. The third-order valence-corrected chi connectivity index (χ3v) is 4.33. The van der Waals surface area contributed by atoms with Crippen LogP contribution >= 0.6 is 0 Å². The zero-order chi connectivity index (χ0) is 17.8. The van der Waals surface area contributed by atoms with Crippen molar-refractivity contribution in [1.82, 2.24) is 9.78 Å². The Morgan fingerprint density at radius 3 is 1.85 bits per heavy atom. The predicted octanol–water partition coefficient (Wildman–Crippen LogP) is 5.27. The van der Waals surface area contributed by atoms with Gasteiger partial charge in [0.05, 0.1) is 29.6 Å². The molecule has 4 aromatic rings. The molecule has 0 atom stereocenters. The van der Waals surface area contributed by atoms with E-state index in [1.807, 2.05) is 83.5 Å². The Kier molecular flexibility index (Phi) is 4.32. The molecule has 0 amide bonds. The standard InChI is InChI=1S/C23H17N3/c24-17-16-21-22(18-10-4-1-5-11-18)25-26(20-14-8-3-9-15-20)23(21)19-12-6-2-7-13-19/h1-15H,16H2. The van der Waals surface area contributed by atoms with Crippen LogP contribution in [0.4, 0.5) is 0 Å². The SMILES string of the molecule is N#CCc1c(-c2ccccc2)nn(-c2ccccc2)c1-c1ccccc1. The van der Waals surface area contributed by atoms with Crippen LogP contribution in [0.2, 0.25) is 0 Å². The quantitative estimate of drug-likeness (QED) is 0.509. The van der Waals surface area contributed by atoms with Crippen molar-refractivity contribution in [2.45, 2.75) is 6.42 Å². The van der Waals surface area contributed by atoms with Gasteiger partial charge in [0.25, 0.3) is 0 Å².